The van der Waals surface area contributed by atoms with E-state index in [9.17, 15) is 5.11 Å². The third-order valence-corrected chi connectivity index (χ3v) is 5.25. The second-order valence-electron chi connectivity index (χ2n) is 5.99. The fraction of sp³-hybridized carbons (Fsp3) is 0.786. The van der Waals surface area contributed by atoms with E-state index >= 15 is 0 Å². The number of piperazine rings is 1. The molecule has 5 nitrogen and oxygen atoms in total. The number of thiazole rings is 1. The summed E-state index contributed by atoms with van der Waals surface area (Å²) in [4.78, 5) is 9.52. The molecule has 0 unspecified atom stereocenters. The van der Waals surface area contributed by atoms with Gasteiger partial charge in [-0.1, -0.05) is 0 Å². The number of aliphatic hydroxyl groups is 1. The molecule has 2 aliphatic heterocycles. The van der Waals surface area contributed by atoms with Crippen molar-refractivity contribution in [2.45, 2.75) is 25.0 Å². The standard InChI is InChI=1S/C14H24N4OS/c1-17-6-8-18(9-7-17)10-13-16-12(11-20-13)14(19)2-4-15-5-3-14/h11,15,19H,2-10H2,1H3. The molecular formula is C14H24N4OS. The monoisotopic (exact) mass is 296 g/mol. The van der Waals surface area contributed by atoms with Gasteiger partial charge in [-0.15, -0.1) is 11.3 Å². The lowest BCUT2D eigenvalue weighted by atomic mass is 9.90. The largest absolute Gasteiger partial charge is 0.383 e. The van der Waals surface area contributed by atoms with Gasteiger partial charge in [0.15, 0.2) is 0 Å². The van der Waals surface area contributed by atoms with E-state index in [4.69, 9.17) is 4.98 Å². The van der Waals surface area contributed by atoms with Crippen molar-refractivity contribution in [1.29, 1.82) is 0 Å². The Morgan fingerprint density at radius 3 is 2.70 bits per heavy atom. The number of hydrogen-bond acceptors (Lipinski definition) is 6. The second-order valence-corrected chi connectivity index (χ2v) is 6.93. The smallest absolute Gasteiger partial charge is 0.110 e. The number of rotatable bonds is 3. The summed E-state index contributed by atoms with van der Waals surface area (Å²) in [5.41, 5.74) is 0.176. The summed E-state index contributed by atoms with van der Waals surface area (Å²) >= 11 is 1.69. The van der Waals surface area contributed by atoms with Gasteiger partial charge in [0.1, 0.15) is 10.6 Å². The molecule has 0 amide bonds. The molecule has 2 N–H and O–H groups in total. The predicted molar refractivity (Wildman–Crippen MR) is 80.9 cm³/mol. The molecule has 0 atom stereocenters. The minimum Gasteiger partial charge on any atom is -0.383 e. The molecule has 0 saturated carbocycles. The number of nitrogens with one attached hydrogen (secondary N) is 1. The van der Waals surface area contributed by atoms with Crippen molar-refractivity contribution in [2.24, 2.45) is 0 Å². The van der Waals surface area contributed by atoms with Crippen LogP contribution in [0.15, 0.2) is 5.38 Å². The molecule has 0 aliphatic carbocycles. The zero-order chi connectivity index (χ0) is 14.0. The molecule has 2 saturated heterocycles. The van der Waals surface area contributed by atoms with E-state index in [1.807, 2.05) is 0 Å². The summed E-state index contributed by atoms with van der Waals surface area (Å²) < 4.78 is 0. The van der Waals surface area contributed by atoms with Crippen LogP contribution in [-0.4, -0.2) is 66.2 Å². The molecule has 1 aromatic heterocycles. The Balaban J connectivity index is 1.61. The number of piperidine rings is 1. The van der Waals surface area contributed by atoms with Crippen LogP contribution in [0.25, 0.3) is 0 Å². The van der Waals surface area contributed by atoms with E-state index in [0.717, 1.165) is 69.4 Å². The molecule has 3 heterocycles. The molecule has 2 fully saturated rings. The molecule has 0 spiro atoms. The van der Waals surface area contributed by atoms with Crippen LogP contribution in [0.2, 0.25) is 0 Å². The van der Waals surface area contributed by atoms with Gasteiger partial charge < -0.3 is 15.3 Å². The SMILES string of the molecule is CN1CCN(Cc2nc(C3(O)CCNCC3)cs2)CC1. The summed E-state index contributed by atoms with van der Waals surface area (Å²) in [6.45, 7) is 7.16. The van der Waals surface area contributed by atoms with Gasteiger partial charge in [-0.3, -0.25) is 4.90 Å². The Hall–Kier alpha value is -0.530. The Kier molecular flexibility index (Phi) is 4.37. The van der Waals surface area contributed by atoms with E-state index in [2.05, 4.69) is 27.5 Å². The van der Waals surface area contributed by atoms with Gasteiger partial charge in [-0.25, -0.2) is 4.98 Å². The highest BCUT2D eigenvalue weighted by Crippen LogP contribution is 2.31. The lowest BCUT2D eigenvalue weighted by molar-refractivity contribution is 0.00220. The first-order valence-electron chi connectivity index (χ1n) is 7.45. The molecule has 0 aromatic carbocycles. The fourth-order valence-corrected chi connectivity index (χ4v) is 3.82. The molecule has 20 heavy (non-hydrogen) atoms. The summed E-state index contributed by atoms with van der Waals surface area (Å²) in [6, 6.07) is 0. The van der Waals surface area contributed by atoms with Gasteiger partial charge in [-0.2, -0.15) is 0 Å². The quantitative estimate of drug-likeness (QED) is 0.849. The zero-order valence-electron chi connectivity index (χ0n) is 12.1. The van der Waals surface area contributed by atoms with Crippen LogP contribution in [0, 0.1) is 0 Å². The van der Waals surface area contributed by atoms with Gasteiger partial charge in [0.25, 0.3) is 0 Å². The van der Waals surface area contributed by atoms with Crippen molar-refractivity contribution in [3.63, 3.8) is 0 Å². The molecule has 1 aromatic rings. The maximum atomic E-state index is 10.7. The maximum Gasteiger partial charge on any atom is 0.110 e. The van der Waals surface area contributed by atoms with Crippen LogP contribution < -0.4 is 5.32 Å². The zero-order valence-corrected chi connectivity index (χ0v) is 13.0. The van der Waals surface area contributed by atoms with Gasteiger partial charge in [0.2, 0.25) is 0 Å². The topological polar surface area (TPSA) is 51.6 Å². The molecule has 2 aliphatic rings. The van der Waals surface area contributed by atoms with Crippen LogP contribution in [-0.2, 0) is 12.1 Å². The van der Waals surface area contributed by atoms with E-state index in [-0.39, 0.29) is 0 Å². The third-order valence-electron chi connectivity index (χ3n) is 4.41. The van der Waals surface area contributed by atoms with Crippen LogP contribution in [0.3, 0.4) is 0 Å². The lowest BCUT2D eigenvalue weighted by Crippen LogP contribution is -2.44. The van der Waals surface area contributed by atoms with Crippen LogP contribution in [0.1, 0.15) is 23.5 Å². The average molecular weight is 296 g/mol. The average Bonchev–Trinajstić information content (AvgIpc) is 2.92. The lowest BCUT2D eigenvalue weighted by Gasteiger charge is -2.32. The summed E-state index contributed by atoms with van der Waals surface area (Å²) in [5.74, 6) is 0. The van der Waals surface area contributed by atoms with Crippen molar-refractivity contribution in [3.8, 4) is 0 Å². The van der Waals surface area contributed by atoms with Crippen molar-refractivity contribution in [1.82, 2.24) is 20.1 Å². The first-order chi connectivity index (χ1) is 9.66. The van der Waals surface area contributed by atoms with Crippen molar-refractivity contribution < 1.29 is 5.11 Å². The Labute approximate surface area is 124 Å². The minimum absolute atomic E-state index is 0.706. The highest BCUT2D eigenvalue weighted by atomic mass is 32.1. The Bertz CT molecular complexity index is 436. The number of nitrogens with zero attached hydrogens (tertiary/aromatic N) is 3. The van der Waals surface area contributed by atoms with E-state index < -0.39 is 5.60 Å². The van der Waals surface area contributed by atoms with E-state index in [1.54, 1.807) is 11.3 Å². The predicted octanol–water partition coefficient (Wildman–Crippen LogP) is 0.461. The van der Waals surface area contributed by atoms with Crippen molar-refractivity contribution in [2.75, 3.05) is 46.3 Å². The Morgan fingerprint density at radius 1 is 1.30 bits per heavy atom. The first kappa shape index (κ1) is 14.4. The summed E-state index contributed by atoms with van der Waals surface area (Å²) in [7, 11) is 2.17. The highest BCUT2D eigenvalue weighted by Gasteiger charge is 2.33. The maximum absolute atomic E-state index is 10.7. The van der Waals surface area contributed by atoms with E-state index in [0.29, 0.717) is 0 Å². The number of aromatic nitrogens is 1. The van der Waals surface area contributed by atoms with Gasteiger partial charge >= 0.3 is 0 Å². The highest BCUT2D eigenvalue weighted by molar-refractivity contribution is 7.09. The second kappa shape index (κ2) is 6.07. The van der Waals surface area contributed by atoms with Crippen LogP contribution >= 0.6 is 11.3 Å². The fourth-order valence-electron chi connectivity index (χ4n) is 2.89. The number of hydrogen-bond donors (Lipinski definition) is 2. The van der Waals surface area contributed by atoms with Gasteiger partial charge in [0, 0.05) is 31.6 Å². The molecule has 0 bridgehead atoms. The van der Waals surface area contributed by atoms with Crippen LogP contribution in [0.5, 0.6) is 0 Å². The van der Waals surface area contributed by atoms with Crippen molar-refractivity contribution >= 4 is 11.3 Å². The molecule has 112 valence electrons. The van der Waals surface area contributed by atoms with Gasteiger partial charge in [-0.05, 0) is 33.0 Å². The molecule has 0 radical (unpaired) electrons. The summed E-state index contributed by atoms with van der Waals surface area (Å²) in [5, 5.41) is 17.2. The normalized spacial score (nSPS) is 24.9. The third kappa shape index (κ3) is 3.20. The summed E-state index contributed by atoms with van der Waals surface area (Å²) in [6.07, 6.45) is 1.54. The number of likely N-dealkylation sites (N-methyl/N-ethyl adjacent to an activating group) is 1. The Morgan fingerprint density at radius 2 is 2.00 bits per heavy atom. The minimum atomic E-state index is -0.706. The van der Waals surface area contributed by atoms with Gasteiger partial charge in [0.05, 0.1) is 12.2 Å². The molecule has 6 heteroatoms. The van der Waals surface area contributed by atoms with Crippen molar-refractivity contribution in [3.05, 3.63) is 16.1 Å². The van der Waals surface area contributed by atoms with E-state index in [1.165, 1.54) is 0 Å². The van der Waals surface area contributed by atoms with Crippen LogP contribution in [0.4, 0.5) is 0 Å². The molecular weight excluding hydrogens is 272 g/mol. The first-order valence-corrected chi connectivity index (χ1v) is 8.33. The molecule has 3 rings (SSSR count).